The Morgan fingerprint density at radius 3 is 3.00 bits per heavy atom. The Morgan fingerprint density at radius 1 is 1.58 bits per heavy atom. The summed E-state index contributed by atoms with van der Waals surface area (Å²) >= 11 is 1.31. The van der Waals surface area contributed by atoms with E-state index in [0.717, 1.165) is 18.5 Å². The molecule has 1 saturated heterocycles. The van der Waals surface area contributed by atoms with Crippen LogP contribution in [0, 0.1) is 0 Å². The van der Waals surface area contributed by atoms with E-state index in [9.17, 15) is 15.0 Å². The number of hydrogen-bond donors (Lipinski definition) is 3. The van der Waals surface area contributed by atoms with Crippen molar-refractivity contribution in [1.29, 1.82) is 0 Å². The highest BCUT2D eigenvalue weighted by molar-refractivity contribution is 7.99. The quantitative estimate of drug-likeness (QED) is 0.518. The van der Waals surface area contributed by atoms with Gasteiger partial charge in [-0.15, -0.1) is 0 Å². The summed E-state index contributed by atoms with van der Waals surface area (Å²) in [4.78, 5) is 18.5. The molecule has 7 heteroatoms. The molecule has 0 saturated carbocycles. The molecular formula is C12H18N2O4S. The lowest BCUT2D eigenvalue weighted by molar-refractivity contribution is 0.0337. The first-order valence-corrected chi connectivity index (χ1v) is 7.29. The van der Waals surface area contributed by atoms with Gasteiger partial charge in [0, 0.05) is 17.5 Å². The zero-order valence-corrected chi connectivity index (χ0v) is 11.5. The molecule has 2 rings (SSSR count). The predicted octanol–water partition coefficient (Wildman–Crippen LogP) is -0.0649. The Kier molecular flexibility index (Phi) is 4.98. The van der Waals surface area contributed by atoms with E-state index in [0.29, 0.717) is 10.9 Å². The normalized spacial score (nSPS) is 26.8. The van der Waals surface area contributed by atoms with E-state index >= 15 is 0 Å². The average molecular weight is 286 g/mol. The van der Waals surface area contributed by atoms with Crippen LogP contribution in [0.1, 0.15) is 19.0 Å². The summed E-state index contributed by atoms with van der Waals surface area (Å²) in [6.07, 6.45) is -0.446. The number of aromatic nitrogens is 2. The molecule has 1 fully saturated rings. The molecule has 106 valence electrons. The van der Waals surface area contributed by atoms with Crippen LogP contribution in [0.2, 0.25) is 0 Å². The molecule has 2 heterocycles. The fourth-order valence-corrected chi connectivity index (χ4v) is 2.88. The monoisotopic (exact) mass is 286 g/mol. The summed E-state index contributed by atoms with van der Waals surface area (Å²) in [5.41, 5.74) is 0.593. The number of ether oxygens (including phenoxy) is 1. The fourth-order valence-electron chi connectivity index (χ4n) is 1.91. The third-order valence-electron chi connectivity index (χ3n) is 2.92. The molecule has 1 aromatic rings. The maximum absolute atomic E-state index is 11.5. The summed E-state index contributed by atoms with van der Waals surface area (Å²) < 4.78 is 5.27. The zero-order valence-electron chi connectivity index (χ0n) is 10.7. The number of aryl methyl sites for hydroxylation is 1. The number of aliphatic hydroxyl groups excluding tert-OH is 2. The van der Waals surface area contributed by atoms with E-state index < -0.39 is 18.3 Å². The molecule has 1 aliphatic heterocycles. The van der Waals surface area contributed by atoms with Gasteiger partial charge in [-0.3, -0.25) is 4.79 Å². The standard InChI is InChI=1S/C12H18N2O4S/c1-2-3-7-4-10(16)14-12(13-7)19-6-9-11(17)8(15)5-18-9/h4,8-9,11,15,17H,2-3,5-6H2,1H3,(H,13,14,16). The molecule has 0 amide bonds. The van der Waals surface area contributed by atoms with Crippen molar-refractivity contribution in [3.8, 4) is 0 Å². The number of thioether (sulfide) groups is 1. The summed E-state index contributed by atoms with van der Waals surface area (Å²) in [7, 11) is 0. The molecule has 3 N–H and O–H groups in total. The van der Waals surface area contributed by atoms with Crippen molar-refractivity contribution in [2.24, 2.45) is 0 Å². The van der Waals surface area contributed by atoms with Crippen LogP contribution in [0.15, 0.2) is 16.0 Å². The van der Waals surface area contributed by atoms with E-state index in [1.807, 2.05) is 6.92 Å². The smallest absolute Gasteiger partial charge is 0.251 e. The summed E-state index contributed by atoms with van der Waals surface area (Å²) in [5.74, 6) is 0.441. The van der Waals surface area contributed by atoms with Crippen LogP contribution in [0.25, 0.3) is 0 Å². The Labute approximate surface area is 115 Å². The molecule has 1 aliphatic rings. The number of rotatable bonds is 5. The number of nitrogens with zero attached hydrogens (tertiary/aromatic N) is 1. The van der Waals surface area contributed by atoms with Gasteiger partial charge in [0.05, 0.1) is 12.7 Å². The first-order valence-electron chi connectivity index (χ1n) is 6.31. The maximum Gasteiger partial charge on any atom is 0.251 e. The summed E-state index contributed by atoms with van der Waals surface area (Å²) in [5, 5.41) is 19.5. The largest absolute Gasteiger partial charge is 0.388 e. The molecule has 19 heavy (non-hydrogen) atoms. The van der Waals surface area contributed by atoms with Gasteiger partial charge in [-0.2, -0.15) is 0 Å². The second-order valence-electron chi connectivity index (χ2n) is 4.53. The number of nitrogens with one attached hydrogen (secondary N) is 1. The van der Waals surface area contributed by atoms with Gasteiger partial charge < -0.3 is 19.9 Å². The molecule has 0 radical (unpaired) electrons. The van der Waals surface area contributed by atoms with Crippen LogP contribution < -0.4 is 5.56 Å². The maximum atomic E-state index is 11.5. The molecule has 0 bridgehead atoms. The van der Waals surface area contributed by atoms with Crippen LogP contribution in [-0.2, 0) is 11.2 Å². The lowest BCUT2D eigenvalue weighted by atomic mass is 10.2. The minimum Gasteiger partial charge on any atom is -0.388 e. The van der Waals surface area contributed by atoms with Gasteiger partial charge in [0.15, 0.2) is 5.16 Å². The minimum atomic E-state index is -0.877. The van der Waals surface area contributed by atoms with E-state index in [4.69, 9.17) is 4.74 Å². The van der Waals surface area contributed by atoms with Crippen LogP contribution in [-0.4, -0.2) is 50.9 Å². The van der Waals surface area contributed by atoms with Crippen LogP contribution >= 0.6 is 11.8 Å². The topological polar surface area (TPSA) is 95.4 Å². The Bertz CT molecular complexity index is 479. The predicted molar refractivity (Wildman–Crippen MR) is 71.3 cm³/mol. The molecule has 6 nitrogen and oxygen atoms in total. The second kappa shape index (κ2) is 6.51. The van der Waals surface area contributed by atoms with Crippen molar-refractivity contribution in [3.05, 3.63) is 22.1 Å². The van der Waals surface area contributed by atoms with Crippen LogP contribution in [0.3, 0.4) is 0 Å². The Balaban J connectivity index is 1.97. The van der Waals surface area contributed by atoms with Crippen molar-refractivity contribution in [2.75, 3.05) is 12.4 Å². The fraction of sp³-hybridized carbons (Fsp3) is 0.667. The van der Waals surface area contributed by atoms with Gasteiger partial charge in [0.1, 0.15) is 12.2 Å². The van der Waals surface area contributed by atoms with Gasteiger partial charge in [-0.05, 0) is 6.42 Å². The van der Waals surface area contributed by atoms with E-state index in [1.165, 1.54) is 17.8 Å². The highest BCUT2D eigenvalue weighted by Crippen LogP contribution is 2.21. The lowest BCUT2D eigenvalue weighted by Crippen LogP contribution is -2.31. The Hall–Kier alpha value is -0.890. The SMILES string of the molecule is CCCc1cc(=O)[nH]c(SCC2OCC(O)C2O)n1. The highest BCUT2D eigenvalue weighted by Gasteiger charge is 2.34. The number of hydrogen-bond acceptors (Lipinski definition) is 6. The average Bonchev–Trinajstić information content (AvgIpc) is 2.67. The molecule has 3 unspecified atom stereocenters. The molecule has 0 aromatic carbocycles. The van der Waals surface area contributed by atoms with Gasteiger partial charge >= 0.3 is 0 Å². The van der Waals surface area contributed by atoms with Crippen molar-refractivity contribution in [1.82, 2.24) is 9.97 Å². The molecular weight excluding hydrogens is 268 g/mol. The molecule has 1 aromatic heterocycles. The summed E-state index contributed by atoms with van der Waals surface area (Å²) in [6, 6.07) is 1.50. The summed E-state index contributed by atoms with van der Waals surface area (Å²) in [6.45, 7) is 2.17. The van der Waals surface area contributed by atoms with Gasteiger partial charge in [0.2, 0.25) is 0 Å². The van der Waals surface area contributed by atoms with Crippen LogP contribution in [0.5, 0.6) is 0 Å². The first kappa shape index (κ1) is 14.5. The zero-order chi connectivity index (χ0) is 13.8. The Morgan fingerprint density at radius 2 is 2.37 bits per heavy atom. The molecule has 3 atom stereocenters. The molecule has 0 spiro atoms. The second-order valence-corrected chi connectivity index (χ2v) is 5.54. The highest BCUT2D eigenvalue weighted by atomic mass is 32.2. The third kappa shape index (κ3) is 3.79. The van der Waals surface area contributed by atoms with Gasteiger partial charge in [-0.25, -0.2) is 4.98 Å². The van der Waals surface area contributed by atoms with Gasteiger partial charge in [0.25, 0.3) is 5.56 Å². The van der Waals surface area contributed by atoms with E-state index in [-0.39, 0.29) is 12.2 Å². The van der Waals surface area contributed by atoms with Crippen molar-refractivity contribution in [3.63, 3.8) is 0 Å². The first-order chi connectivity index (χ1) is 9.10. The molecule has 0 aliphatic carbocycles. The number of aromatic amines is 1. The lowest BCUT2D eigenvalue weighted by Gasteiger charge is -2.13. The number of aliphatic hydroxyl groups is 2. The van der Waals surface area contributed by atoms with E-state index in [2.05, 4.69) is 9.97 Å². The third-order valence-corrected chi connectivity index (χ3v) is 3.88. The van der Waals surface area contributed by atoms with Gasteiger partial charge in [-0.1, -0.05) is 25.1 Å². The van der Waals surface area contributed by atoms with Crippen molar-refractivity contribution in [2.45, 2.75) is 43.2 Å². The van der Waals surface area contributed by atoms with Crippen molar-refractivity contribution < 1.29 is 14.9 Å². The minimum absolute atomic E-state index is 0.145. The van der Waals surface area contributed by atoms with Crippen LogP contribution in [0.4, 0.5) is 0 Å². The van der Waals surface area contributed by atoms with E-state index in [1.54, 1.807) is 0 Å². The van der Waals surface area contributed by atoms with Crippen molar-refractivity contribution >= 4 is 11.8 Å². The number of H-pyrrole nitrogens is 1.